The van der Waals surface area contributed by atoms with Crippen LogP contribution in [0.15, 0.2) is 24.4 Å². The van der Waals surface area contributed by atoms with Crippen LogP contribution in [0.2, 0.25) is 0 Å². The summed E-state index contributed by atoms with van der Waals surface area (Å²) >= 11 is 5.25. The van der Waals surface area contributed by atoms with Crippen molar-refractivity contribution in [3.8, 4) is 5.69 Å². The number of aryl methyl sites for hydroxylation is 3. The summed E-state index contributed by atoms with van der Waals surface area (Å²) in [7, 11) is 0. The van der Waals surface area contributed by atoms with Crippen LogP contribution in [0.5, 0.6) is 0 Å². The minimum atomic E-state index is 0.749. The van der Waals surface area contributed by atoms with Gasteiger partial charge in [-0.25, -0.2) is 0 Å². The summed E-state index contributed by atoms with van der Waals surface area (Å²) < 4.78 is 2.81. The average Bonchev–Trinajstić information content (AvgIpc) is 2.48. The van der Waals surface area contributed by atoms with Crippen LogP contribution in [0.4, 0.5) is 0 Å². The van der Waals surface area contributed by atoms with Crippen LogP contribution in [0, 0.1) is 25.5 Å². The summed E-state index contributed by atoms with van der Waals surface area (Å²) in [5, 5.41) is 0. The van der Waals surface area contributed by atoms with Gasteiger partial charge in [0.05, 0.1) is 5.69 Å². The third-order valence-corrected chi connectivity index (χ3v) is 2.85. The van der Waals surface area contributed by atoms with Crippen LogP contribution >= 0.6 is 12.2 Å². The largest absolute Gasteiger partial charge is 0.337 e. The maximum atomic E-state index is 5.25. The van der Waals surface area contributed by atoms with Gasteiger partial charge in [0.2, 0.25) is 0 Å². The van der Waals surface area contributed by atoms with Crippen molar-refractivity contribution in [2.45, 2.75) is 20.8 Å². The Labute approximate surface area is 94.6 Å². The Bertz CT molecular complexity index is 549. The second kappa shape index (κ2) is 3.66. The normalized spacial score (nSPS) is 10.6. The molecule has 1 aromatic heterocycles. The van der Waals surface area contributed by atoms with Crippen molar-refractivity contribution >= 4 is 12.2 Å². The topological polar surface area (TPSA) is 20.7 Å². The zero-order chi connectivity index (χ0) is 11.0. The molecule has 2 aromatic rings. The number of H-pyrrole nitrogens is 1. The fourth-order valence-electron chi connectivity index (χ4n) is 1.81. The number of hydrogen-bond acceptors (Lipinski definition) is 1. The first kappa shape index (κ1) is 10.2. The summed E-state index contributed by atoms with van der Waals surface area (Å²) in [5.74, 6) is 0. The van der Waals surface area contributed by atoms with E-state index in [1.54, 1.807) is 0 Å². The number of nitrogens with zero attached hydrogens (tertiary/aromatic N) is 1. The minimum Gasteiger partial charge on any atom is -0.337 e. The minimum absolute atomic E-state index is 0.749. The Balaban J connectivity index is 2.69. The molecule has 1 heterocycles. The number of aromatic amines is 1. The molecule has 0 fully saturated rings. The molecule has 0 saturated carbocycles. The highest BCUT2D eigenvalue weighted by atomic mass is 32.1. The Morgan fingerprint density at radius 1 is 1.20 bits per heavy atom. The lowest BCUT2D eigenvalue weighted by molar-refractivity contribution is 0.971. The van der Waals surface area contributed by atoms with E-state index in [1.165, 1.54) is 11.1 Å². The molecular formula is C12H14N2S. The highest BCUT2D eigenvalue weighted by Crippen LogP contribution is 2.17. The first-order valence-electron chi connectivity index (χ1n) is 4.94. The molecule has 78 valence electrons. The fourth-order valence-corrected chi connectivity index (χ4v) is 2.11. The third kappa shape index (κ3) is 1.75. The van der Waals surface area contributed by atoms with Crippen molar-refractivity contribution in [1.82, 2.24) is 9.55 Å². The third-order valence-electron chi connectivity index (χ3n) is 2.55. The standard InChI is InChI=1S/C12H14N2S/c1-8-4-5-11(9(2)6-8)14-10(3)7-13-12(14)15/h4-7H,1-3H3,(H,13,15). The molecule has 3 heteroatoms. The number of rotatable bonds is 1. The Morgan fingerprint density at radius 2 is 1.93 bits per heavy atom. The summed E-state index contributed by atoms with van der Waals surface area (Å²) in [6.45, 7) is 6.25. The lowest BCUT2D eigenvalue weighted by Gasteiger charge is -2.09. The average molecular weight is 218 g/mol. The van der Waals surface area contributed by atoms with E-state index in [-0.39, 0.29) is 0 Å². The highest BCUT2D eigenvalue weighted by molar-refractivity contribution is 7.71. The Kier molecular flexibility index (Phi) is 2.49. The van der Waals surface area contributed by atoms with Crippen LogP contribution < -0.4 is 0 Å². The molecule has 0 aliphatic heterocycles. The second-order valence-electron chi connectivity index (χ2n) is 3.86. The van der Waals surface area contributed by atoms with Crippen LogP contribution in [-0.4, -0.2) is 9.55 Å². The molecule has 0 aliphatic carbocycles. The fraction of sp³-hybridized carbons (Fsp3) is 0.250. The number of aromatic nitrogens is 2. The van der Waals surface area contributed by atoms with Gasteiger partial charge in [0, 0.05) is 11.9 Å². The lowest BCUT2D eigenvalue weighted by Crippen LogP contribution is -1.99. The molecular weight excluding hydrogens is 204 g/mol. The molecule has 0 unspecified atom stereocenters. The number of hydrogen-bond donors (Lipinski definition) is 1. The SMILES string of the molecule is Cc1ccc(-n2c(C)c[nH]c2=S)c(C)c1. The quantitative estimate of drug-likeness (QED) is 0.727. The van der Waals surface area contributed by atoms with E-state index in [4.69, 9.17) is 12.2 Å². The predicted molar refractivity (Wildman–Crippen MR) is 65.2 cm³/mol. The molecule has 0 aliphatic rings. The van der Waals surface area contributed by atoms with Crippen molar-refractivity contribution in [3.05, 3.63) is 46.0 Å². The Morgan fingerprint density at radius 3 is 2.47 bits per heavy atom. The molecule has 1 aromatic carbocycles. The van der Waals surface area contributed by atoms with Crippen molar-refractivity contribution < 1.29 is 0 Å². The maximum Gasteiger partial charge on any atom is 0.182 e. The first-order chi connectivity index (χ1) is 7.09. The molecule has 0 atom stereocenters. The van der Waals surface area contributed by atoms with Gasteiger partial charge in [-0.15, -0.1) is 0 Å². The Hall–Kier alpha value is -1.35. The van der Waals surface area contributed by atoms with Gasteiger partial charge < -0.3 is 4.98 Å². The van der Waals surface area contributed by atoms with Crippen LogP contribution in [0.25, 0.3) is 5.69 Å². The van der Waals surface area contributed by atoms with Gasteiger partial charge in [0.15, 0.2) is 4.77 Å². The van der Waals surface area contributed by atoms with Crippen LogP contribution in [0.3, 0.4) is 0 Å². The van der Waals surface area contributed by atoms with E-state index >= 15 is 0 Å². The summed E-state index contributed by atoms with van der Waals surface area (Å²) in [6, 6.07) is 6.39. The van der Waals surface area contributed by atoms with Gasteiger partial charge in [-0.2, -0.15) is 0 Å². The van der Waals surface area contributed by atoms with Gasteiger partial charge in [0.1, 0.15) is 0 Å². The summed E-state index contributed by atoms with van der Waals surface area (Å²) in [6.07, 6.45) is 1.93. The highest BCUT2D eigenvalue weighted by Gasteiger charge is 2.05. The van der Waals surface area contributed by atoms with Gasteiger partial charge in [0.25, 0.3) is 0 Å². The van der Waals surface area contributed by atoms with E-state index in [1.807, 2.05) is 13.1 Å². The molecule has 0 amide bonds. The van der Waals surface area contributed by atoms with Crippen LogP contribution in [-0.2, 0) is 0 Å². The molecule has 0 radical (unpaired) electrons. The van der Waals surface area contributed by atoms with Gasteiger partial charge in [-0.1, -0.05) is 17.7 Å². The monoisotopic (exact) mass is 218 g/mol. The number of imidazole rings is 1. The van der Waals surface area contributed by atoms with E-state index in [0.29, 0.717) is 0 Å². The van der Waals surface area contributed by atoms with E-state index in [0.717, 1.165) is 16.2 Å². The van der Waals surface area contributed by atoms with Crippen molar-refractivity contribution in [2.75, 3.05) is 0 Å². The van der Waals surface area contributed by atoms with Crippen LogP contribution in [0.1, 0.15) is 16.8 Å². The van der Waals surface area contributed by atoms with Crippen molar-refractivity contribution in [3.63, 3.8) is 0 Å². The molecule has 0 spiro atoms. The number of nitrogens with one attached hydrogen (secondary N) is 1. The molecule has 0 bridgehead atoms. The van der Waals surface area contributed by atoms with Crippen molar-refractivity contribution in [1.29, 1.82) is 0 Å². The summed E-state index contributed by atoms with van der Waals surface area (Å²) in [4.78, 5) is 3.06. The molecule has 2 nitrogen and oxygen atoms in total. The second-order valence-corrected chi connectivity index (χ2v) is 4.25. The smallest absolute Gasteiger partial charge is 0.182 e. The van der Waals surface area contributed by atoms with Gasteiger partial charge >= 0.3 is 0 Å². The zero-order valence-corrected chi connectivity index (χ0v) is 9.98. The van der Waals surface area contributed by atoms with Gasteiger partial charge in [-0.05, 0) is 44.6 Å². The van der Waals surface area contributed by atoms with Gasteiger partial charge in [-0.3, -0.25) is 4.57 Å². The lowest BCUT2D eigenvalue weighted by atomic mass is 10.1. The van der Waals surface area contributed by atoms with E-state index in [2.05, 4.69) is 41.6 Å². The van der Waals surface area contributed by atoms with Crippen molar-refractivity contribution in [2.24, 2.45) is 0 Å². The summed E-state index contributed by atoms with van der Waals surface area (Å²) in [5.41, 5.74) is 4.81. The molecule has 15 heavy (non-hydrogen) atoms. The molecule has 0 saturated heterocycles. The number of benzene rings is 1. The predicted octanol–water partition coefficient (Wildman–Crippen LogP) is 3.46. The zero-order valence-electron chi connectivity index (χ0n) is 9.16. The first-order valence-corrected chi connectivity index (χ1v) is 5.35. The molecule has 2 rings (SSSR count). The maximum absolute atomic E-state index is 5.25. The molecule has 1 N–H and O–H groups in total. The van der Waals surface area contributed by atoms with E-state index in [9.17, 15) is 0 Å². The van der Waals surface area contributed by atoms with E-state index < -0.39 is 0 Å².